The van der Waals surface area contributed by atoms with Gasteiger partial charge in [0.25, 0.3) is 0 Å². The summed E-state index contributed by atoms with van der Waals surface area (Å²) in [4.78, 5) is 6.78. The average molecular weight is 269 g/mol. The van der Waals surface area contributed by atoms with Crippen LogP contribution in [0.25, 0.3) is 0 Å². The second-order valence-electron chi connectivity index (χ2n) is 5.97. The fourth-order valence-corrected chi connectivity index (χ4v) is 2.49. The Hall–Kier alpha value is -0.450. The van der Waals surface area contributed by atoms with Gasteiger partial charge in [-0.3, -0.25) is 4.90 Å². The lowest BCUT2D eigenvalue weighted by Crippen LogP contribution is -2.46. The van der Waals surface area contributed by atoms with Crippen molar-refractivity contribution in [1.82, 2.24) is 15.2 Å². The van der Waals surface area contributed by atoms with Crippen molar-refractivity contribution in [2.24, 2.45) is 0 Å². The summed E-state index contributed by atoms with van der Waals surface area (Å²) in [6.45, 7) is 10.9. The Balaban J connectivity index is 2.49. The molecule has 0 aromatic carbocycles. The standard InChI is InChI=1S/C14H27N3S/c1-6-7-13(8-16-14(2,3)4)17(5)9-12-10-18-11-15-12/h10-11,13,16H,6-9H2,1-5H3. The molecule has 1 unspecified atom stereocenters. The molecular weight excluding hydrogens is 242 g/mol. The molecule has 18 heavy (non-hydrogen) atoms. The van der Waals surface area contributed by atoms with Gasteiger partial charge in [-0.1, -0.05) is 13.3 Å². The normalized spacial score (nSPS) is 14.1. The lowest BCUT2D eigenvalue weighted by atomic mass is 10.1. The second kappa shape index (κ2) is 7.22. The molecule has 1 N–H and O–H groups in total. The van der Waals surface area contributed by atoms with Crippen LogP contribution in [0.4, 0.5) is 0 Å². The summed E-state index contributed by atoms with van der Waals surface area (Å²) < 4.78 is 0. The lowest BCUT2D eigenvalue weighted by Gasteiger charge is -2.31. The topological polar surface area (TPSA) is 28.2 Å². The van der Waals surface area contributed by atoms with Gasteiger partial charge < -0.3 is 5.32 Å². The molecule has 104 valence electrons. The molecule has 0 fully saturated rings. The van der Waals surface area contributed by atoms with Crippen molar-refractivity contribution in [2.75, 3.05) is 13.6 Å². The average Bonchev–Trinajstić information content (AvgIpc) is 2.75. The van der Waals surface area contributed by atoms with E-state index >= 15 is 0 Å². The molecule has 0 bridgehead atoms. The number of aromatic nitrogens is 1. The van der Waals surface area contributed by atoms with Gasteiger partial charge >= 0.3 is 0 Å². The van der Waals surface area contributed by atoms with Crippen LogP contribution < -0.4 is 5.32 Å². The van der Waals surface area contributed by atoms with Gasteiger partial charge in [0.1, 0.15) is 0 Å². The Morgan fingerprint density at radius 2 is 2.17 bits per heavy atom. The number of nitrogens with one attached hydrogen (secondary N) is 1. The van der Waals surface area contributed by atoms with E-state index in [0.29, 0.717) is 6.04 Å². The summed E-state index contributed by atoms with van der Waals surface area (Å²) in [6, 6.07) is 0.580. The van der Waals surface area contributed by atoms with Crippen molar-refractivity contribution in [3.05, 3.63) is 16.6 Å². The Morgan fingerprint density at radius 3 is 2.67 bits per heavy atom. The van der Waals surface area contributed by atoms with Gasteiger partial charge in [-0.15, -0.1) is 11.3 Å². The molecule has 0 saturated heterocycles. The Morgan fingerprint density at radius 1 is 1.44 bits per heavy atom. The van der Waals surface area contributed by atoms with E-state index in [9.17, 15) is 0 Å². The van der Waals surface area contributed by atoms with E-state index in [1.54, 1.807) is 11.3 Å². The van der Waals surface area contributed by atoms with Gasteiger partial charge in [-0.2, -0.15) is 0 Å². The molecule has 0 radical (unpaired) electrons. The van der Waals surface area contributed by atoms with Crippen LogP contribution in [0.3, 0.4) is 0 Å². The molecule has 0 spiro atoms. The van der Waals surface area contributed by atoms with Crippen LogP contribution in [-0.4, -0.2) is 35.1 Å². The third kappa shape index (κ3) is 5.94. The minimum Gasteiger partial charge on any atom is -0.311 e. The first-order chi connectivity index (χ1) is 8.42. The largest absolute Gasteiger partial charge is 0.311 e. The third-order valence-electron chi connectivity index (χ3n) is 3.01. The van der Waals surface area contributed by atoms with E-state index in [2.05, 4.69) is 55.3 Å². The second-order valence-corrected chi connectivity index (χ2v) is 6.69. The number of likely N-dealkylation sites (N-methyl/N-ethyl adjacent to an activating group) is 1. The molecular formula is C14H27N3S. The monoisotopic (exact) mass is 269 g/mol. The fraction of sp³-hybridized carbons (Fsp3) is 0.786. The predicted molar refractivity (Wildman–Crippen MR) is 80.0 cm³/mol. The molecule has 1 aromatic rings. The first kappa shape index (κ1) is 15.6. The molecule has 1 rings (SSSR count). The van der Waals surface area contributed by atoms with Gasteiger partial charge in [0, 0.05) is 30.1 Å². The predicted octanol–water partition coefficient (Wildman–Crippen LogP) is 3.13. The smallest absolute Gasteiger partial charge is 0.0795 e. The van der Waals surface area contributed by atoms with Gasteiger partial charge in [0.15, 0.2) is 0 Å². The molecule has 3 nitrogen and oxygen atoms in total. The highest BCUT2D eigenvalue weighted by Crippen LogP contribution is 2.11. The lowest BCUT2D eigenvalue weighted by molar-refractivity contribution is 0.201. The van der Waals surface area contributed by atoms with Crippen LogP contribution in [0.1, 0.15) is 46.2 Å². The SMILES string of the molecule is CCCC(CNC(C)(C)C)N(C)Cc1cscn1. The summed E-state index contributed by atoms with van der Waals surface area (Å²) in [6.07, 6.45) is 2.45. The Labute approximate surface area is 116 Å². The molecule has 0 aliphatic rings. The minimum absolute atomic E-state index is 0.188. The van der Waals surface area contributed by atoms with E-state index < -0.39 is 0 Å². The van der Waals surface area contributed by atoms with E-state index in [4.69, 9.17) is 0 Å². The van der Waals surface area contributed by atoms with Crippen molar-refractivity contribution in [3.8, 4) is 0 Å². The highest BCUT2D eigenvalue weighted by molar-refractivity contribution is 7.07. The van der Waals surface area contributed by atoms with Crippen molar-refractivity contribution in [1.29, 1.82) is 0 Å². The Bertz CT molecular complexity index is 316. The van der Waals surface area contributed by atoms with Crippen LogP contribution in [0.2, 0.25) is 0 Å². The van der Waals surface area contributed by atoms with E-state index in [-0.39, 0.29) is 5.54 Å². The van der Waals surface area contributed by atoms with Gasteiger partial charge in [0.2, 0.25) is 0 Å². The van der Waals surface area contributed by atoms with Crippen LogP contribution in [-0.2, 0) is 6.54 Å². The highest BCUT2D eigenvalue weighted by Gasteiger charge is 2.17. The zero-order chi connectivity index (χ0) is 13.6. The third-order valence-corrected chi connectivity index (χ3v) is 3.64. The molecule has 0 aliphatic heterocycles. The first-order valence-corrected chi connectivity index (χ1v) is 7.69. The number of rotatable bonds is 7. The zero-order valence-electron chi connectivity index (χ0n) is 12.4. The van der Waals surface area contributed by atoms with E-state index in [1.807, 2.05) is 5.51 Å². The van der Waals surface area contributed by atoms with E-state index in [0.717, 1.165) is 13.1 Å². The molecule has 1 heterocycles. The van der Waals surface area contributed by atoms with Crippen LogP contribution in [0.5, 0.6) is 0 Å². The molecule has 1 aromatic heterocycles. The quantitative estimate of drug-likeness (QED) is 0.824. The van der Waals surface area contributed by atoms with Crippen molar-refractivity contribution >= 4 is 11.3 Å². The zero-order valence-corrected chi connectivity index (χ0v) is 13.2. The summed E-state index contributed by atoms with van der Waals surface area (Å²) >= 11 is 1.67. The van der Waals surface area contributed by atoms with E-state index in [1.165, 1.54) is 18.5 Å². The number of hydrogen-bond acceptors (Lipinski definition) is 4. The molecule has 0 saturated carbocycles. The summed E-state index contributed by atoms with van der Waals surface area (Å²) in [5.41, 5.74) is 3.28. The molecule has 0 amide bonds. The first-order valence-electron chi connectivity index (χ1n) is 6.74. The maximum Gasteiger partial charge on any atom is 0.0795 e. The highest BCUT2D eigenvalue weighted by atomic mass is 32.1. The van der Waals surface area contributed by atoms with Crippen LogP contribution >= 0.6 is 11.3 Å². The number of thiazole rings is 1. The Kier molecular flexibility index (Phi) is 6.26. The minimum atomic E-state index is 0.188. The van der Waals surface area contributed by atoms with Crippen molar-refractivity contribution in [2.45, 2.75) is 58.7 Å². The maximum atomic E-state index is 4.36. The number of hydrogen-bond donors (Lipinski definition) is 1. The summed E-state index contributed by atoms with van der Waals surface area (Å²) in [7, 11) is 2.20. The summed E-state index contributed by atoms with van der Waals surface area (Å²) in [5.74, 6) is 0. The molecule has 4 heteroatoms. The van der Waals surface area contributed by atoms with Crippen LogP contribution in [0, 0.1) is 0 Å². The van der Waals surface area contributed by atoms with Crippen LogP contribution in [0.15, 0.2) is 10.9 Å². The van der Waals surface area contributed by atoms with Crippen molar-refractivity contribution < 1.29 is 0 Å². The fourth-order valence-electron chi connectivity index (χ4n) is 1.94. The van der Waals surface area contributed by atoms with Gasteiger partial charge in [-0.25, -0.2) is 4.98 Å². The summed E-state index contributed by atoms with van der Waals surface area (Å²) in [5, 5.41) is 5.74. The van der Waals surface area contributed by atoms with Gasteiger partial charge in [0.05, 0.1) is 11.2 Å². The molecule has 0 aliphatic carbocycles. The van der Waals surface area contributed by atoms with Crippen molar-refractivity contribution in [3.63, 3.8) is 0 Å². The number of nitrogens with zero attached hydrogens (tertiary/aromatic N) is 2. The maximum absolute atomic E-state index is 4.36. The van der Waals surface area contributed by atoms with Gasteiger partial charge in [-0.05, 0) is 34.2 Å². The molecule has 1 atom stereocenters.